The van der Waals surface area contributed by atoms with E-state index < -0.39 is 6.04 Å². The highest BCUT2D eigenvalue weighted by atomic mass is 79.9. The Hall–Kier alpha value is -3.80. The van der Waals surface area contributed by atoms with E-state index in [2.05, 4.69) is 46.5 Å². The highest BCUT2D eigenvalue weighted by Gasteiger charge is 2.37. The first-order chi connectivity index (χ1) is 19.4. The lowest BCUT2D eigenvalue weighted by molar-refractivity contribution is -0.119. The minimum absolute atomic E-state index is 0.167. The summed E-state index contributed by atoms with van der Waals surface area (Å²) in [5.74, 6) is 0.0994. The zero-order valence-electron chi connectivity index (χ0n) is 20.8. The van der Waals surface area contributed by atoms with E-state index in [-0.39, 0.29) is 11.8 Å². The fourth-order valence-corrected chi connectivity index (χ4v) is 6.11. The Balaban J connectivity index is 1.19. The van der Waals surface area contributed by atoms with Gasteiger partial charge in [0.1, 0.15) is 22.8 Å². The molecule has 1 fully saturated rings. The number of anilines is 3. The maximum atomic E-state index is 13.4. The standard InChI is InChI=1S/C28H21BrClN7O2S/c29-24-8-2-6-18(33-24)14-23-27(39)36-28(40-23)37-11-3-7-22(37)26(38)35-19-9-10-21-20(13-19)25(32-15-31-21)34-17-5-1-4-16(30)12-17/h1-2,4-6,8-10,12-15,22H,3,7,11H2,(H,35,38)(H,31,32,34)/b23-14+/t22-/m0/s1. The first-order valence-electron chi connectivity index (χ1n) is 12.4. The molecule has 200 valence electrons. The van der Waals surface area contributed by atoms with Crippen LogP contribution in [0.25, 0.3) is 17.0 Å². The quantitative estimate of drug-likeness (QED) is 0.196. The SMILES string of the molecule is O=C1N=C(N2CCC[C@H]2C(=O)Nc2ccc3ncnc(Nc4cccc(Cl)c4)c3c2)S/C1=C/c1cccc(Br)n1. The number of halogens is 2. The molecule has 2 amide bonds. The van der Waals surface area contributed by atoms with E-state index in [0.29, 0.717) is 49.9 Å². The van der Waals surface area contributed by atoms with Gasteiger partial charge in [-0.2, -0.15) is 4.99 Å². The number of amides is 2. The Morgan fingerprint density at radius 3 is 2.83 bits per heavy atom. The summed E-state index contributed by atoms with van der Waals surface area (Å²) in [6, 6.07) is 17.9. The van der Waals surface area contributed by atoms with Crippen molar-refractivity contribution in [1.82, 2.24) is 19.9 Å². The third-order valence-corrected chi connectivity index (χ3v) is 8.11. The number of nitrogens with one attached hydrogen (secondary N) is 2. The van der Waals surface area contributed by atoms with Crippen LogP contribution in [0.4, 0.5) is 17.2 Å². The average molecular weight is 635 g/mol. The normalized spacial score (nSPS) is 17.9. The molecule has 4 heterocycles. The number of benzene rings is 2. The number of carbonyl (C=O) groups excluding carboxylic acids is 2. The maximum absolute atomic E-state index is 13.4. The summed E-state index contributed by atoms with van der Waals surface area (Å²) >= 11 is 10.7. The molecule has 0 radical (unpaired) electrons. The highest BCUT2D eigenvalue weighted by Crippen LogP contribution is 2.34. The molecule has 2 aliphatic rings. The van der Waals surface area contributed by atoms with E-state index in [1.807, 2.05) is 53.4 Å². The van der Waals surface area contributed by atoms with Gasteiger partial charge in [-0.15, -0.1) is 0 Å². The minimum Gasteiger partial charge on any atom is -0.340 e. The van der Waals surface area contributed by atoms with Crippen LogP contribution in [0.1, 0.15) is 18.5 Å². The van der Waals surface area contributed by atoms with Crippen molar-refractivity contribution in [3.8, 4) is 0 Å². The lowest BCUT2D eigenvalue weighted by Crippen LogP contribution is -2.41. The molecule has 40 heavy (non-hydrogen) atoms. The Morgan fingerprint density at radius 2 is 1.98 bits per heavy atom. The lowest BCUT2D eigenvalue weighted by Gasteiger charge is -2.24. The van der Waals surface area contributed by atoms with Crippen LogP contribution in [0.15, 0.2) is 81.5 Å². The molecule has 2 aromatic carbocycles. The zero-order valence-corrected chi connectivity index (χ0v) is 24.0. The van der Waals surface area contributed by atoms with E-state index in [1.54, 1.807) is 18.2 Å². The van der Waals surface area contributed by atoms with E-state index >= 15 is 0 Å². The molecule has 1 saturated heterocycles. The van der Waals surface area contributed by atoms with Crippen molar-refractivity contribution in [3.05, 3.63) is 87.2 Å². The molecule has 2 aliphatic heterocycles. The van der Waals surface area contributed by atoms with E-state index in [1.165, 1.54) is 18.1 Å². The van der Waals surface area contributed by atoms with Crippen molar-refractivity contribution < 1.29 is 9.59 Å². The average Bonchev–Trinajstić information content (AvgIpc) is 3.56. The number of aromatic nitrogens is 3. The van der Waals surface area contributed by atoms with Gasteiger partial charge in [0.05, 0.1) is 16.1 Å². The molecule has 0 unspecified atom stereocenters. The van der Waals surface area contributed by atoms with Gasteiger partial charge in [-0.1, -0.05) is 23.7 Å². The Bertz CT molecular complexity index is 1710. The molecule has 9 nitrogen and oxygen atoms in total. The van der Waals surface area contributed by atoms with Gasteiger partial charge in [0.15, 0.2) is 5.17 Å². The summed E-state index contributed by atoms with van der Waals surface area (Å²) in [5.41, 5.74) is 2.79. The molecular weight excluding hydrogens is 614 g/mol. The van der Waals surface area contributed by atoms with Gasteiger partial charge in [0.25, 0.3) is 5.91 Å². The number of amidine groups is 1. The van der Waals surface area contributed by atoms with Crippen LogP contribution >= 0.6 is 39.3 Å². The molecule has 0 saturated carbocycles. The molecule has 2 N–H and O–H groups in total. The summed E-state index contributed by atoms with van der Waals surface area (Å²) in [7, 11) is 0. The number of pyridine rings is 1. The largest absolute Gasteiger partial charge is 0.340 e. The summed E-state index contributed by atoms with van der Waals surface area (Å²) in [5, 5.41) is 8.20. The summed E-state index contributed by atoms with van der Waals surface area (Å²) in [6.45, 7) is 0.638. The molecule has 4 aromatic rings. The molecule has 1 atom stereocenters. The minimum atomic E-state index is -0.450. The molecule has 2 aromatic heterocycles. The number of thioether (sulfide) groups is 1. The molecule has 0 bridgehead atoms. The Kier molecular flexibility index (Phi) is 7.50. The van der Waals surface area contributed by atoms with Gasteiger partial charge < -0.3 is 15.5 Å². The van der Waals surface area contributed by atoms with Crippen LogP contribution in [-0.4, -0.2) is 49.4 Å². The number of carbonyl (C=O) groups is 2. The van der Waals surface area contributed by atoms with Gasteiger partial charge >= 0.3 is 0 Å². The number of hydrogen-bond acceptors (Lipinski definition) is 8. The second-order valence-corrected chi connectivity index (χ2v) is 11.4. The van der Waals surface area contributed by atoms with Crippen LogP contribution in [0.2, 0.25) is 5.02 Å². The van der Waals surface area contributed by atoms with Gasteiger partial charge in [-0.3, -0.25) is 9.59 Å². The van der Waals surface area contributed by atoms with Gasteiger partial charge in [-0.05, 0) is 95.1 Å². The number of fused-ring (bicyclic) bond motifs is 1. The number of hydrogen-bond donors (Lipinski definition) is 2. The number of aliphatic imine (C=N–C) groups is 1. The lowest BCUT2D eigenvalue weighted by atomic mass is 10.1. The van der Waals surface area contributed by atoms with Gasteiger partial charge in [0, 0.05) is 28.3 Å². The van der Waals surface area contributed by atoms with Crippen molar-refractivity contribution in [2.45, 2.75) is 18.9 Å². The molecule has 0 aliphatic carbocycles. The number of nitrogens with zero attached hydrogens (tertiary/aromatic N) is 5. The predicted molar refractivity (Wildman–Crippen MR) is 163 cm³/mol. The van der Waals surface area contributed by atoms with Crippen molar-refractivity contribution in [3.63, 3.8) is 0 Å². The van der Waals surface area contributed by atoms with Crippen molar-refractivity contribution in [1.29, 1.82) is 0 Å². The van der Waals surface area contributed by atoms with Crippen LogP contribution in [0.3, 0.4) is 0 Å². The van der Waals surface area contributed by atoms with Crippen molar-refractivity contribution in [2.24, 2.45) is 4.99 Å². The van der Waals surface area contributed by atoms with Crippen LogP contribution in [0, 0.1) is 0 Å². The molecule has 12 heteroatoms. The van der Waals surface area contributed by atoms with Crippen molar-refractivity contribution in [2.75, 3.05) is 17.2 Å². The second-order valence-electron chi connectivity index (χ2n) is 9.13. The monoisotopic (exact) mass is 633 g/mol. The van der Waals surface area contributed by atoms with Crippen LogP contribution in [-0.2, 0) is 9.59 Å². The van der Waals surface area contributed by atoms with Gasteiger partial charge in [0.2, 0.25) is 5.91 Å². The van der Waals surface area contributed by atoms with Crippen molar-refractivity contribution >= 4 is 90.4 Å². The van der Waals surface area contributed by atoms with E-state index in [4.69, 9.17) is 11.6 Å². The fourth-order valence-electron chi connectivity index (χ4n) is 4.59. The molecular formula is C28H21BrClN7O2S. The van der Waals surface area contributed by atoms with Crippen LogP contribution < -0.4 is 10.6 Å². The zero-order chi connectivity index (χ0) is 27.6. The predicted octanol–water partition coefficient (Wildman–Crippen LogP) is 6.26. The fraction of sp³-hybridized carbons (Fsp3) is 0.143. The molecule has 0 spiro atoms. The highest BCUT2D eigenvalue weighted by molar-refractivity contribution is 9.10. The Labute approximate surface area is 247 Å². The topological polar surface area (TPSA) is 112 Å². The van der Waals surface area contributed by atoms with Crippen LogP contribution in [0.5, 0.6) is 0 Å². The second kappa shape index (κ2) is 11.4. The summed E-state index contributed by atoms with van der Waals surface area (Å²) < 4.78 is 0.683. The number of likely N-dealkylation sites (tertiary alicyclic amines) is 1. The summed E-state index contributed by atoms with van der Waals surface area (Å²) in [6.07, 6.45) is 4.67. The first kappa shape index (κ1) is 26.4. The van der Waals surface area contributed by atoms with E-state index in [0.717, 1.165) is 23.0 Å². The third-order valence-electron chi connectivity index (χ3n) is 6.42. The summed E-state index contributed by atoms with van der Waals surface area (Å²) in [4.78, 5) is 45.8. The number of rotatable bonds is 5. The third kappa shape index (κ3) is 5.72. The molecule has 6 rings (SSSR count). The Morgan fingerprint density at radius 1 is 1.10 bits per heavy atom. The maximum Gasteiger partial charge on any atom is 0.286 e. The smallest absolute Gasteiger partial charge is 0.286 e. The van der Waals surface area contributed by atoms with E-state index in [9.17, 15) is 9.59 Å². The van der Waals surface area contributed by atoms with Gasteiger partial charge in [-0.25, -0.2) is 15.0 Å². The first-order valence-corrected chi connectivity index (χ1v) is 14.4.